The molecule has 0 radical (unpaired) electrons. The van der Waals surface area contributed by atoms with Crippen LogP contribution in [0.1, 0.15) is 25.0 Å². The van der Waals surface area contributed by atoms with Crippen LogP contribution in [0, 0.1) is 0 Å². The Bertz CT molecular complexity index is 2300. The van der Waals surface area contributed by atoms with Crippen LogP contribution in [0.5, 0.6) is 0 Å². The highest BCUT2D eigenvalue weighted by atomic mass is 16.3. The first-order valence-corrected chi connectivity index (χ1v) is 13.6. The number of para-hydroxylation sites is 1. The molecule has 0 N–H and O–H groups in total. The van der Waals surface area contributed by atoms with Gasteiger partial charge in [0.1, 0.15) is 5.76 Å². The third-order valence-corrected chi connectivity index (χ3v) is 8.94. The van der Waals surface area contributed by atoms with Crippen molar-refractivity contribution in [3.05, 3.63) is 126 Å². The summed E-state index contributed by atoms with van der Waals surface area (Å²) in [5.41, 5.74) is 8.18. The van der Waals surface area contributed by atoms with E-state index in [0.717, 1.165) is 22.5 Å². The molecular weight excluding hydrogens is 474 g/mol. The van der Waals surface area contributed by atoms with E-state index in [1.54, 1.807) is 0 Å². The smallest absolute Gasteiger partial charge is 0.159 e. The standard InChI is InChI=1S/C37H25NO/c1-37(2)30-19-11-10-18-27(30)35-32(37)29-21-20-28-31-25-16-8-6-14-23(25)24-15-7-9-17-26(24)33(31)38(34(28)36(29)39-35)22-12-4-3-5-13-22/h3-21H,1-2H3. The summed E-state index contributed by atoms with van der Waals surface area (Å²) in [6.45, 7) is 4.65. The summed E-state index contributed by atoms with van der Waals surface area (Å²) in [6.07, 6.45) is 0. The molecule has 0 saturated heterocycles. The molecule has 0 saturated carbocycles. The third-order valence-electron chi connectivity index (χ3n) is 8.94. The van der Waals surface area contributed by atoms with Crippen molar-refractivity contribution in [3.8, 4) is 17.0 Å². The first-order chi connectivity index (χ1) is 19.1. The number of benzene rings is 6. The molecular formula is C37H25NO. The second-order valence-electron chi connectivity index (χ2n) is 11.3. The molecule has 0 unspecified atom stereocenters. The first-order valence-electron chi connectivity index (χ1n) is 13.6. The van der Waals surface area contributed by atoms with Gasteiger partial charge >= 0.3 is 0 Å². The highest BCUT2D eigenvalue weighted by molar-refractivity contribution is 6.34. The summed E-state index contributed by atoms with van der Waals surface area (Å²) in [4.78, 5) is 0. The number of furan rings is 1. The zero-order valence-corrected chi connectivity index (χ0v) is 21.8. The zero-order chi connectivity index (χ0) is 25.9. The number of hydrogen-bond donors (Lipinski definition) is 0. The van der Waals surface area contributed by atoms with E-state index in [0.29, 0.717) is 0 Å². The van der Waals surface area contributed by atoms with Crippen molar-refractivity contribution in [1.82, 2.24) is 4.57 Å². The second-order valence-corrected chi connectivity index (χ2v) is 11.3. The van der Waals surface area contributed by atoms with Crippen molar-refractivity contribution in [2.75, 3.05) is 0 Å². The van der Waals surface area contributed by atoms with Gasteiger partial charge in [0.25, 0.3) is 0 Å². The molecule has 6 aromatic carbocycles. The Morgan fingerprint density at radius 1 is 0.538 bits per heavy atom. The topological polar surface area (TPSA) is 18.1 Å². The number of hydrogen-bond acceptors (Lipinski definition) is 1. The van der Waals surface area contributed by atoms with Crippen LogP contribution in [-0.4, -0.2) is 4.57 Å². The number of aromatic nitrogens is 1. The number of nitrogens with zero attached hydrogens (tertiary/aromatic N) is 1. The molecule has 0 fully saturated rings. The fraction of sp³-hybridized carbons (Fsp3) is 0.0811. The largest absolute Gasteiger partial charge is 0.453 e. The summed E-state index contributed by atoms with van der Waals surface area (Å²) in [6, 6.07) is 41.7. The van der Waals surface area contributed by atoms with Crippen molar-refractivity contribution in [2.45, 2.75) is 19.3 Å². The Hall–Kier alpha value is -4.82. The molecule has 0 atom stereocenters. The van der Waals surface area contributed by atoms with Gasteiger partial charge in [0, 0.05) is 43.8 Å². The van der Waals surface area contributed by atoms with E-state index in [1.165, 1.54) is 59.9 Å². The second kappa shape index (κ2) is 7.18. The SMILES string of the molecule is CC1(C)c2ccccc2-c2oc3c(ccc4c5c6ccccc6c6ccccc6c5n(-c5ccccc5)c43)c21. The van der Waals surface area contributed by atoms with Gasteiger partial charge in [-0.15, -0.1) is 0 Å². The summed E-state index contributed by atoms with van der Waals surface area (Å²) in [5.74, 6) is 1.01. The van der Waals surface area contributed by atoms with E-state index in [2.05, 4.69) is 134 Å². The summed E-state index contributed by atoms with van der Waals surface area (Å²) >= 11 is 0. The van der Waals surface area contributed by atoms with Gasteiger partial charge in [0.05, 0.1) is 11.0 Å². The average Bonchev–Trinajstić information content (AvgIpc) is 3.61. The molecule has 8 aromatic rings. The van der Waals surface area contributed by atoms with Gasteiger partial charge in [-0.1, -0.05) is 117 Å². The van der Waals surface area contributed by atoms with Crippen LogP contribution in [-0.2, 0) is 5.41 Å². The van der Waals surface area contributed by atoms with Crippen molar-refractivity contribution in [2.24, 2.45) is 0 Å². The Morgan fingerprint density at radius 2 is 1.15 bits per heavy atom. The van der Waals surface area contributed by atoms with Crippen molar-refractivity contribution < 1.29 is 4.42 Å². The zero-order valence-electron chi connectivity index (χ0n) is 21.8. The van der Waals surface area contributed by atoms with Crippen molar-refractivity contribution >= 4 is 54.3 Å². The fourth-order valence-electron chi connectivity index (χ4n) is 7.32. The predicted octanol–water partition coefficient (Wildman–Crippen LogP) is 10.1. The Labute approximate surface area is 225 Å². The maximum atomic E-state index is 6.98. The molecule has 1 aliphatic carbocycles. The van der Waals surface area contributed by atoms with Crippen LogP contribution >= 0.6 is 0 Å². The number of rotatable bonds is 1. The minimum absolute atomic E-state index is 0.131. The van der Waals surface area contributed by atoms with Gasteiger partial charge in [-0.25, -0.2) is 0 Å². The normalized spacial score (nSPS) is 14.1. The molecule has 39 heavy (non-hydrogen) atoms. The average molecular weight is 500 g/mol. The van der Waals surface area contributed by atoms with Crippen molar-refractivity contribution in [1.29, 1.82) is 0 Å². The fourth-order valence-corrected chi connectivity index (χ4v) is 7.32. The van der Waals surface area contributed by atoms with Crippen LogP contribution in [0.3, 0.4) is 0 Å². The minimum atomic E-state index is -0.131. The monoisotopic (exact) mass is 499 g/mol. The van der Waals surface area contributed by atoms with E-state index in [1.807, 2.05) is 0 Å². The molecule has 2 heteroatoms. The summed E-state index contributed by atoms with van der Waals surface area (Å²) in [5, 5.41) is 8.79. The van der Waals surface area contributed by atoms with E-state index >= 15 is 0 Å². The molecule has 9 rings (SSSR count). The lowest BCUT2D eigenvalue weighted by Crippen LogP contribution is -2.14. The summed E-state index contributed by atoms with van der Waals surface area (Å²) < 4.78 is 9.42. The molecule has 0 amide bonds. The van der Waals surface area contributed by atoms with E-state index in [4.69, 9.17) is 4.42 Å². The van der Waals surface area contributed by atoms with Gasteiger partial charge in [0.2, 0.25) is 0 Å². The third kappa shape index (κ3) is 2.52. The van der Waals surface area contributed by atoms with Crippen LogP contribution < -0.4 is 0 Å². The Morgan fingerprint density at radius 3 is 1.95 bits per heavy atom. The van der Waals surface area contributed by atoms with Crippen LogP contribution in [0.15, 0.2) is 120 Å². The van der Waals surface area contributed by atoms with E-state index < -0.39 is 0 Å². The van der Waals surface area contributed by atoms with Crippen LogP contribution in [0.25, 0.3) is 71.3 Å². The number of fused-ring (bicyclic) bond motifs is 14. The van der Waals surface area contributed by atoms with Gasteiger partial charge in [0.15, 0.2) is 5.58 Å². The molecule has 0 bridgehead atoms. The molecule has 2 heterocycles. The van der Waals surface area contributed by atoms with Gasteiger partial charge in [-0.3, -0.25) is 0 Å². The molecule has 2 aromatic heterocycles. The predicted molar refractivity (Wildman–Crippen MR) is 163 cm³/mol. The van der Waals surface area contributed by atoms with E-state index in [-0.39, 0.29) is 5.41 Å². The molecule has 2 nitrogen and oxygen atoms in total. The highest BCUT2D eigenvalue weighted by Gasteiger charge is 2.40. The van der Waals surface area contributed by atoms with Crippen LogP contribution in [0.4, 0.5) is 0 Å². The molecule has 1 aliphatic rings. The quantitative estimate of drug-likeness (QED) is 0.205. The van der Waals surface area contributed by atoms with Gasteiger partial charge in [-0.2, -0.15) is 0 Å². The lowest BCUT2D eigenvalue weighted by molar-refractivity contribution is 0.621. The first kappa shape index (κ1) is 21.2. The van der Waals surface area contributed by atoms with Crippen molar-refractivity contribution in [3.63, 3.8) is 0 Å². The highest BCUT2D eigenvalue weighted by Crippen LogP contribution is 2.54. The lowest BCUT2D eigenvalue weighted by atomic mass is 9.81. The maximum Gasteiger partial charge on any atom is 0.159 e. The Balaban J connectivity index is 1.58. The lowest BCUT2D eigenvalue weighted by Gasteiger charge is -2.20. The molecule has 184 valence electrons. The Kier molecular flexibility index (Phi) is 3.89. The van der Waals surface area contributed by atoms with E-state index in [9.17, 15) is 0 Å². The maximum absolute atomic E-state index is 6.98. The molecule has 0 spiro atoms. The van der Waals surface area contributed by atoms with Gasteiger partial charge in [-0.05, 0) is 33.9 Å². The van der Waals surface area contributed by atoms with Gasteiger partial charge < -0.3 is 8.98 Å². The minimum Gasteiger partial charge on any atom is -0.453 e. The van der Waals surface area contributed by atoms with Crippen LogP contribution in [0.2, 0.25) is 0 Å². The molecule has 0 aliphatic heterocycles. The summed E-state index contributed by atoms with van der Waals surface area (Å²) in [7, 11) is 0.